The Balaban J connectivity index is 2.23. The number of hydrogen-bond acceptors (Lipinski definition) is 4. The summed E-state index contributed by atoms with van der Waals surface area (Å²) in [6.45, 7) is 4.52. The van der Waals surface area contributed by atoms with Crippen LogP contribution in [0.1, 0.15) is 12.8 Å². The molecule has 0 atom stereocenters. The topological polar surface area (TPSA) is 73.4 Å². The number of nitrogens with two attached hydrogens (primary N) is 1. The van der Waals surface area contributed by atoms with Gasteiger partial charge >= 0.3 is 0 Å². The van der Waals surface area contributed by atoms with E-state index < -0.39 is 0 Å². The van der Waals surface area contributed by atoms with Crippen molar-refractivity contribution in [3.8, 4) is 6.07 Å². The molecule has 1 fully saturated rings. The lowest BCUT2D eigenvalue weighted by Crippen LogP contribution is -2.49. The van der Waals surface area contributed by atoms with Gasteiger partial charge in [0, 0.05) is 52.1 Å². The number of rotatable bonds is 4. The second-order valence-electron chi connectivity index (χ2n) is 3.67. The zero-order valence-corrected chi connectivity index (χ0v) is 8.98. The summed E-state index contributed by atoms with van der Waals surface area (Å²) in [6, 6.07) is 2.13. The van der Waals surface area contributed by atoms with Gasteiger partial charge in [0.2, 0.25) is 5.91 Å². The molecule has 0 aromatic carbocycles. The van der Waals surface area contributed by atoms with Gasteiger partial charge in [-0.05, 0) is 0 Å². The maximum absolute atomic E-state index is 11.5. The second-order valence-corrected chi connectivity index (χ2v) is 3.67. The third kappa shape index (κ3) is 3.86. The molecule has 5 heteroatoms. The Kier molecular flexibility index (Phi) is 5.08. The molecular formula is C10H18N4O. The molecule has 0 aliphatic carbocycles. The summed E-state index contributed by atoms with van der Waals surface area (Å²) >= 11 is 0. The Hall–Kier alpha value is -1.12. The van der Waals surface area contributed by atoms with Gasteiger partial charge in [0.05, 0.1) is 6.07 Å². The minimum Gasteiger partial charge on any atom is -0.340 e. The first-order valence-electron chi connectivity index (χ1n) is 5.35. The van der Waals surface area contributed by atoms with Gasteiger partial charge in [0.1, 0.15) is 0 Å². The summed E-state index contributed by atoms with van der Waals surface area (Å²) < 4.78 is 0. The summed E-state index contributed by atoms with van der Waals surface area (Å²) in [6.07, 6.45) is 1.01. The molecule has 1 rings (SSSR count). The van der Waals surface area contributed by atoms with E-state index in [1.807, 2.05) is 4.90 Å². The molecule has 0 radical (unpaired) electrons. The SMILES string of the molecule is N#CCCN1CCN(C(=O)CCN)CC1. The van der Waals surface area contributed by atoms with E-state index in [0.29, 0.717) is 19.4 Å². The van der Waals surface area contributed by atoms with E-state index in [-0.39, 0.29) is 5.91 Å². The quantitative estimate of drug-likeness (QED) is 0.672. The van der Waals surface area contributed by atoms with Crippen LogP contribution in [0.4, 0.5) is 0 Å². The molecule has 1 aliphatic heterocycles. The fourth-order valence-corrected chi connectivity index (χ4v) is 1.71. The Morgan fingerprint density at radius 2 is 2.00 bits per heavy atom. The Morgan fingerprint density at radius 3 is 2.53 bits per heavy atom. The van der Waals surface area contributed by atoms with Crippen LogP contribution >= 0.6 is 0 Å². The highest BCUT2D eigenvalue weighted by Crippen LogP contribution is 2.03. The van der Waals surface area contributed by atoms with Gasteiger partial charge in [0.25, 0.3) is 0 Å². The van der Waals surface area contributed by atoms with E-state index in [2.05, 4.69) is 11.0 Å². The van der Waals surface area contributed by atoms with Crippen molar-refractivity contribution in [3.05, 3.63) is 0 Å². The highest BCUT2D eigenvalue weighted by atomic mass is 16.2. The van der Waals surface area contributed by atoms with E-state index >= 15 is 0 Å². The van der Waals surface area contributed by atoms with E-state index in [1.165, 1.54) is 0 Å². The number of carbonyl (C=O) groups excluding carboxylic acids is 1. The van der Waals surface area contributed by atoms with Gasteiger partial charge in [-0.3, -0.25) is 9.69 Å². The highest BCUT2D eigenvalue weighted by molar-refractivity contribution is 5.76. The van der Waals surface area contributed by atoms with E-state index in [9.17, 15) is 4.79 Å². The first-order chi connectivity index (χ1) is 7.27. The minimum absolute atomic E-state index is 0.150. The zero-order chi connectivity index (χ0) is 11.1. The van der Waals surface area contributed by atoms with Crippen LogP contribution < -0.4 is 5.73 Å². The number of amides is 1. The molecule has 1 aliphatic rings. The first kappa shape index (κ1) is 12.0. The average Bonchev–Trinajstić information content (AvgIpc) is 2.27. The van der Waals surface area contributed by atoms with Gasteiger partial charge in [-0.2, -0.15) is 5.26 Å². The van der Waals surface area contributed by atoms with Crippen LogP contribution in [0.3, 0.4) is 0 Å². The predicted octanol–water partition coefficient (Wildman–Crippen LogP) is -0.607. The molecule has 0 saturated carbocycles. The molecule has 84 valence electrons. The summed E-state index contributed by atoms with van der Waals surface area (Å²) in [7, 11) is 0. The molecule has 1 heterocycles. The average molecular weight is 210 g/mol. The maximum atomic E-state index is 11.5. The van der Waals surface area contributed by atoms with Gasteiger partial charge < -0.3 is 10.6 Å². The minimum atomic E-state index is 0.150. The molecule has 1 saturated heterocycles. The van der Waals surface area contributed by atoms with Crippen molar-refractivity contribution in [3.63, 3.8) is 0 Å². The third-order valence-corrected chi connectivity index (χ3v) is 2.62. The van der Waals surface area contributed by atoms with Crippen LogP contribution in [0.25, 0.3) is 0 Å². The van der Waals surface area contributed by atoms with Gasteiger partial charge in [0.15, 0.2) is 0 Å². The summed E-state index contributed by atoms with van der Waals surface area (Å²) in [5.41, 5.74) is 5.34. The largest absolute Gasteiger partial charge is 0.340 e. The molecule has 0 aromatic heterocycles. The summed E-state index contributed by atoms with van der Waals surface area (Å²) in [4.78, 5) is 15.6. The number of hydrogen-bond donors (Lipinski definition) is 1. The van der Waals surface area contributed by atoms with Crippen molar-refractivity contribution < 1.29 is 4.79 Å². The van der Waals surface area contributed by atoms with E-state index in [1.54, 1.807) is 0 Å². The molecule has 0 bridgehead atoms. The Morgan fingerprint density at radius 1 is 1.33 bits per heavy atom. The highest BCUT2D eigenvalue weighted by Gasteiger charge is 2.19. The monoisotopic (exact) mass is 210 g/mol. The van der Waals surface area contributed by atoms with Crippen LogP contribution in [0.2, 0.25) is 0 Å². The van der Waals surface area contributed by atoms with Gasteiger partial charge in [-0.25, -0.2) is 0 Å². The van der Waals surface area contributed by atoms with Crippen molar-refractivity contribution in [2.45, 2.75) is 12.8 Å². The van der Waals surface area contributed by atoms with Crippen LogP contribution in [0.15, 0.2) is 0 Å². The summed E-state index contributed by atoms with van der Waals surface area (Å²) in [5, 5.41) is 8.45. The molecular weight excluding hydrogens is 192 g/mol. The fraction of sp³-hybridized carbons (Fsp3) is 0.800. The molecule has 5 nitrogen and oxygen atoms in total. The fourth-order valence-electron chi connectivity index (χ4n) is 1.71. The lowest BCUT2D eigenvalue weighted by molar-refractivity contribution is -0.132. The number of piperazine rings is 1. The standard InChI is InChI=1S/C10H18N4O/c11-3-1-5-13-6-8-14(9-7-13)10(15)2-4-12/h1-2,4-9,12H2. The maximum Gasteiger partial charge on any atom is 0.223 e. The van der Waals surface area contributed by atoms with Crippen LogP contribution in [-0.4, -0.2) is 55.0 Å². The first-order valence-corrected chi connectivity index (χ1v) is 5.35. The van der Waals surface area contributed by atoms with Crippen molar-refractivity contribution >= 4 is 5.91 Å². The van der Waals surface area contributed by atoms with Gasteiger partial charge in [-0.15, -0.1) is 0 Å². The predicted molar refractivity (Wildman–Crippen MR) is 56.9 cm³/mol. The van der Waals surface area contributed by atoms with Gasteiger partial charge in [-0.1, -0.05) is 0 Å². The number of nitriles is 1. The number of nitrogens with zero attached hydrogens (tertiary/aromatic N) is 3. The number of carbonyl (C=O) groups is 1. The van der Waals surface area contributed by atoms with Crippen molar-refractivity contribution in [2.75, 3.05) is 39.3 Å². The third-order valence-electron chi connectivity index (χ3n) is 2.62. The zero-order valence-electron chi connectivity index (χ0n) is 8.98. The lowest BCUT2D eigenvalue weighted by Gasteiger charge is -2.34. The van der Waals surface area contributed by atoms with Crippen LogP contribution in [-0.2, 0) is 4.79 Å². The van der Waals surface area contributed by atoms with E-state index in [4.69, 9.17) is 11.0 Å². The molecule has 2 N–H and O–H groups in total. The van der Waals surface area contributed by atoms with Crippen molar-refractivity contribution in [2.24, 2.45) is 5.73 Å². The Bertz CT molecular complexity index is 240. The molecule has 1 amide bonds. The smallest absolute Gasteiger partial charge is 0.223 e. The van der Waals surface area contributed by atoms with Crippen molar-refractivity contribution in [1.29, 1.82) is 5.26 Å². The molecule has 0 aromatic rings. The lowest BCUT2D eigenvalue weighted by atomic mass is 10.2. The summed E-state index contributed by atoms with van der Waals surface area (Å²) in [5.74, 6) is 0.150. The van der Waals surface area contributed by atoms with Crippen LogP contribution in [0, 0.1) is 11.3 Å². The Labute approximate surface area is 90.4 Å². The van der Waals surface area contributed by atoms with Crippen molar-refractivity contribution in [1.82, 2.24) is 9.80 Å². The molecule has 15 heavy (non-hydrogen) atoms. The second kappa shape index (κ2) is 6.38. The molecule has 0 spiro atoms. The van der Waals surface area contributed by atoms with E-state index in [0.717, 1.165) is 32.7 Å². The van der Waals surface area contributed by atoms with Crippen LogP contribution in [0.5, 0.6) is 0 Å². The normalized spacial score (nSPS) is 17.5. The molecule has 0 unspecified atom stereocenters.